The highest BCUT2D eigenvalue weighted by Crippen LogP contribution is 2.38. The summed E-state index contributed by atoms with van der Waals surface area (Å²) < 4.78 is 55.3. The van der Waals surface area contributed by atoms with E-state index in [4.69, 9.17) is 16.7 Å². The summed E-state index contributed by atoms with van der Waals surface area (Å²) >= 11 is 5.80. The van der Waals surface area contributed by atoms with Crippen LogP contribution in [0, 0.1) is 0 Å². The standard InChI is InChI=1S/C11H10ClF2NO2.C11H13F2NO/c12-8-6-7(15-5-1-2-10(15)16)3-4-9(8)17-11(13)14;12-11(13)7-14-6-5-10(11)8-1-3-9(15)4-2-8/h3-4,6,11H,1-2,5H2;1-4,10,14-15H,5-7H2. The zero-order chi connectivity index (χ0) is 23.3. The average Bonchev–Trinajstić information content (AvgIpc) is 3.16. The lowest BCUT2D eigenvalue weighted by Crippen LogP contribution is -2.44. The van der Waals surface area contributed by atoms with Gasteiger partial charge in [0.15, 0.2) is 0 Å². The SMILES string of the molecule is O=C1CCCN1c1ccc(OC(F)F)c(Cl)c1.Oc1ccc(C2CCNCC2(F)F)cc1. The molecular formula is C22H23ClF4N2O3. The molecule has 2 saturated heterocycles. The predicted molar refractivity (Wildman–Crippen MR) is 113 cm³/mol. The Balaban J connectivity index is 0.000000182. The van der Waals surface area contributed by atoms with Gasteiger partial charge in [-0.1, -0.05) is 23.7 Å². The molecule has 32 heavy (non-hydrogen) atoms. The zero-order valence-corrected chi connectivity index (χ0v) is 17.8. The molecule has 174 valence electrons. The second-order valence-electron chi connectivity index (χ2n) is 7.51. The first-order valence-electron chi connectivity index (χ1n) is 10.1. The molecule has 2 aromatic carbocycles. The van der Waals surface area contributed by atoms with Crippen molar-refractivity contribution >= 4 is 23.2 Å². The monoisotopic (exact) mass is 474 g/mol. The van der Waals surface area contributed by atoms with E-state index in [-0.39, 0.29) is 29.0 Å². The normalized spacial score (nSPS) is 20.1. The maximum absolute atomic E-state index is 13.5. The van der Waals surface area contributed by atoms with Crippen molar-refractivity contribution in [2.75, 3.05) is 24.5 Å². The fraction of sp³-hybridized carbons (Fsp3) is 0.409. The number of aromatic hydroxyl groups is 1. The number of carbonyl (C=O) groups is 1. The third-order valence-corrected chi connectivity index (χ3v) is 5.59. The third-order valence-electron chi connectivity index (χ3n) is 5.29. The molecule has 2 heterocycles. The molecule has 0 bridgehead atoms. The summed E-state index contributed by atoms with van der Waals surface area (Å²) in [7, 11) is 0. The van der Waals surface area contributed by atoms with Crippen LogP contribution in [0.3, 0.4) is 0 Å². The zero-order valence-electron chi connectivity index (χ0n) is 17.0. The van der Waals surface area contributed by atoms with Gasteiger partial charge in [0.05, 0.1) is 17.5 Å². The van der Waals surface area contributed by atoms with Crippen molar-refractivity contribution in [3.8, 4) is 11.5 Å². The van der Waals surface area contributed by atoms with E-state index in [9.17, 15) is 22.4 Å². The Morgan fingerprint density at radius 1 is 1.19 bits per heavy atom. The van der Waals surface area contributed by atoms with Crippen LogP contribution >= 0.6 is 11.6 Å². The van der Waals surface area contributed by atoms with Crippen LogP contribution in [0.4, 0.5) is 23.2 Å². The van der Waals surface area contributed by atoms with Crippen LogP contribution in [0.15, 0.2) is 42.5 Å². The highest BCUT2D eigenvalue weighted by Gasteiger charge is 2.42. The number of carbonyl (C=O) groups excluding carboxylic acids is 1. The van der Waals surface area contributed by atoms with Gasteiger partial charge in [-0.15, -0.1) is 0 Å². The summed E-state index contributed by atoms with van der Waals surface area (Å²) in [4.78, 5) is 13.1. The van der Waals surface area contributed by atoms with E-state index < -0.39 is 18.5 Å². The van der Waals surface area contributed by atoms with E-state index in [1.54, 1.807) is 23.1 Å². The van der Waals surface area contributed by atoms with E-state index in [0.717, 1.165) is 6.42 Å². The lowest BCUT2D eigenvalue weighted by atomic mass is 9.87. The second kappa shape index (κ2) is 10.4. The molecule has 2 aliphatic heterocycles. The minimum atomic E-state index is -2.91. The van der Waals surface area contributed by atoms with E-state index in [1.165, 1.54) is 24.3 Å². The number of phenolic OH excluding ortho intramolecular Hbond substituents is 1. The molecule has 2 N–H and O–H groups in total. The number of amides is 1. The molecule has 2 fully saturated rings. The molecule has 2 aliphatic rings. The van der Waals surface area contributed by atoms with Crippen molar-refractivity contribution < 1.29 is 32.2 Å². The molecule has 4 rings (SSSR count). The number of nitrogens with zero attached hydrogens (tertiary/aromatic N) is 1. The number of halogens is 5. The van der Waals surface area contributed by atoms with Gasteiger partial charge in [-0.05, 0) is 55.3 Å². The van der Waals surface area contributed by atoms with Gasteiger partial charge in [-0.2, -0.15) is 8.78 Å². The molecule has 0 radical (unpaired) electrons. The van der Waals surface area contributed by atoms with Gasteiger partial charge in [0.2, 0.25) is 5.91 Å². The fourth-order valence-electron chi connectivity index (χ4n) is 3.72. The minimum absolute atomic E-state index is 0.0172. The van der Waals surface area contributed by atoms with Gasteiger partial charge in [0.1, 0.15) is 11.5 Å². The first kappa shape index (κ1) is 24.1. The largest absolute Gasteiger partial charge is 0.508 e. The van der Waals surface area contributed by atoms with E-state index >= 15 is 0 Å². The molecule has 0 aromatic heterocycles. The molecule has 1 atom stereocenters. The average molecular weight is 475 g/mol. The van der Waals surface area contributed by atoms with Crippen molar-refractivity contribution in [1.82, 2.24) is 5.32 Å². The summed E-state index contributed by atoms with van der Waals surface area (Å²) in [6.07, 6.45) is 1.73. The van der Waals surface area contributed by atoms with Crippen LogP contribution in [0.25, 0.3) is 0 Å². The number of piperidine rings is 1. The van der Waals surface area contributed by atoms with Gasteiger partial charge in [0.25, 0.3) is 5.92 Å². The molecule has 5 nitrogen and oxygen atoms in total. The predicted octanol–water partition coefficient (Wildman–Crippen LogP) is 5.17. The van der Waals surface area contributed by atoms with Gasteiger partial charge >= 0.3 is 6.61 Å². The van der Waals surface area contributed by atoms with E-state index in [2.05, 4.69) is 10.1 Å². The maximum atomic E-state index is 13.5. The molecular weight excluding hydrogens is 452 g/mol. The Bertz CT molecular complexity index is 928. The number of hydrogen-bond donors (Lipinski definition) is 2. The Kier molecular flexibility index (Phi) is 7.84. The van der Waals surface area contributed by atoms with Crippen LogP contribution in [0.1, 0.15) is 30.7 Å². The van der Waals surface area contributed by atoms with Crippen molar-refractivity contribution in [3.63, 3.8) is 0 Å². The topological polar surface area (TPSA) is 61.8 Å². The smallest absolute Gasteiger partial charge is 0.387 e. The summed E-state index contributed by atoms with van der Waals surface area (Å²) in [5, 5.41) is 11.8. The summed E-state index contributed by atoms with van der Waals surface area (Å²) in [5.41, 5.74) is 1.21. The molecule has 0 saturated carbocycles. The Labute approximate surface area is 187 Å². The first-order valence-corrected chi connectivity index (χ1v) is 10.5. The highest BCUT2D eigenvalue weighted by molar-refractivity contribution is 6.32. The molecule has 10 heteroatoms. The van der Waals surface area contributed by atoms with Crippen molar-refractivity contribution in [3.05, 3.63) is 53.1 Å². The summed E-state index contributed by atoms with van der Waals surface area (Å²) in [5.74, 6) is -3.40. The molecule has 2 aromatic rings. The van der Waals surface area contributed by atoms with Crippen molar-refractivity contribution in [2.24, 2.45) is 0 Å². The number of alkyl halides is 4. The second-order valence-corrected chi connectivity index (χ2v) is 7.92. The number of anilines is 1. The molecule has 0 spiro atoms. The third kappa shape index (κ3) is 6.04. The van der Waals surface area contributed by atoms with Crippen LogP contribution in [-0.4, -0.2) is 43.2 Å². The number of hydrogen-bond acceptors (Lipinski definition) is 4. The Hall–Kier alpha value is -2.52. The van der Waals surface area contributed by atoms with Gasteiger partial charge in [-0.3, -0.25) is 4.79 Å². The quantitative estimate of drug-likeness (QED) is 0.600. The minimum Gasteiger partial charge on any atom is -0.508 e. The van der Waals surface area contributed by atoms with Gasteiger partial charge in [-0.25, -0.2) is 8.78 Å². The molecule has 1 amide bonds. The van der Waals surface area contributed by atoms with E-state index in [0.29, 0.717) is 37.2 Å². The van der Waals surface area contributed by atoms with Crippen LogP contribution in [-0.2, 0) is 4.79 Å². The fourth-order valence-corrected chi connectivity index (χ4v) is 3.94. The Morgan fingerprint density at radius 2 is 1.91 bits per heavy atom. The van der Waals surface area contributed by atoms with E-state index in [1.807, 2.05) is 0 Å². The van der Waals surface area contributed by atoms with Crippen molar-refractivity contribution in [2.45, 2.75) is 37.7 Å². The number of rotatable bonds is 4. The van der Waals surface area contributed by atoms with Gasteiger partial charge in [0, 0.05) is 18.7 Å². The molecule has 1 unspecified atom stereocenters. The number of phenols is 1. The van der Waals surface area contributed by atoms with Crippen molar-refractivity contribution in [1.29, 1.82) is 0 Å². The Morgan fingerprint density at radius 3 is 2.47 bits per heavy atom. The van der Waals surface area contributed by atoms with Crippen LogP contribution in [0.2, 0.25) is 5.02 Å². The van der Waals surface area contributed by atoms with Crippen LogP contribution < -0.4 is 15.0 Å². The summed E-state index contributed by atoms with van der Waals surface area (Å²) in [6, 6.07) is 10.4. The number of benzene rings is 2. The first-order chi connectivity index (χ1) is 15.2. The maximum Gasteiger partial charge on any atom is 0.387 e. The van der Waals surface area contributed by atoms with Gasteiger partial charge < -0.3 is 20.1 Å². The highest BCUT2D eigenvalue weighted by atomic mass is 35.5. The van der Waals surface area contributed by atoms with Crippen LogP contribution in [0.5, 0.6) is 11.5 Å². The summed E-state index contributed by atoms with van der Waals surface area (Å²) in [6.45, 7) is -1.93. The lowest BCUT2D eigenvalue weighted by Gasteiger charge is -2.32. The molecule has 0 aliphatic carbocycles. The lowest BCUT2D eigenvalue weighted by molar-refractivity contribution is -0.117. The number of ether oxygens (including phenoxy) is 1. The number of nitrogens with one attached hydrogen (secondary N) is 1.